The highest BCUT2D eigenvalue weighted by atomic mass is 14.1. The monoisotopic (exact) mass is 199 g/mol. The number of unbranched alkanes of at least 4 members (excludes halogenated alkanes) is 2. The normalized spacial score (nSPS) is 10.0. The third kappa shape index (κ3) is 3.44. The van der Waals surface area contributed by atoms with Crippen molar-refractivity contribution in [3.8, 4) is 5.92 Å². The van der Waals surface area contributed by atoms with Crippen LogP contribution in [-0.4, -0.2) is 0 Å². The van der Waals surface area contributed by atoms with E-state index in [0.29, 0.717) is 0 Å². The van der Waals surface area contributed by atoms with Gasteiger partial charge in [0.2, 0.25) is 0 Å². The Hall–Kier alpha value is -1.22. The molecule has 0 heterocycles. The van der Waals surface area contributed by atoms with Gasteiger partial charge >= 0.3 is 0 Å². The first-order valence-corrected chi connectivity index (χ1v) is 5.61. The standard InChI is InChI=1S/C15H19/c1-5-6-7-8-9-15-13(3)10-12(2)11-14(15)4/h10-11H,6-9H2,2-4H3. The van der Waals surface area contributed by atoms with Gasteiger partial charge in [-0.25, -0.2) is 0 Å². The van der Waals surface area contributed by atoms with Crippen molar-refractivity contribution in [2.24, 2.45) is 0 Å². The Morgan fingerprint density at radius 1 is 1.07 bits per heavy atom. The first-order chi connectivity index (χ1) is 7.15. The summed E-state index contributed by atoms with van der Waals surface area (Å²) in [6, 6.07) is 4.51. The topological polar surface area (TPSA) is 0 Å². The molecule has 0 unspecified atom stereocenters. The minimum Gasteiger partial charge on any atom is -0.0891 e. The predicted molar refractivity (Wildman–Crippen MR) is 65.3 cm³/mol. The van der Waals surface area contributed by atoms with E-state index in [0.717, 1.165) is 25.7 Å². The maximum atomic E-state index is 6.85. The van der Waals surface area contributed by atoms with Gasteiger partial charge in [0.15, 0.2) is 0 Å². The lowest BCUT2D eigenvalue weighted by Gasteiger charge is -2.10. The lowest BCUT2D eigenvalue weighted by atomic mass is 9.95. The molecule has 0 fully saturated rings. The molecule has 0 aliphatic rings. The minimum absolute atomic E-state index is 0.796. The SMILES string of the molecule is [C]#CCCCCc1c(C)cc(C)cc1C. The summed E-state index contributed by atoms with van der Waals surface area (Å²) in [7, 11) is 0. The van der Waals surface area contributed by atoms with E-state index in [2.05, 4.69) is 38.8 Å². The van der Waals surface area contributed by atoms with Crippen molar-refractivity contribution >= 4 is 0 Å². The lowest BCUT2D eigenvalue weighted by Crippen LogP contribution is -1.95. The Morgan fingerprint density at radius 2 is 1.67 bits per heavy atom. The number of hydrogen-bond acceptors (Lipinski definition) is 0. The van der Waals surface area contributed by atoms with E-state index in [-0.39, 0.29) is 0 Å². The van der Waals surface area contributed by atoms with Crippen LogP contribution in [0.25, 0.3) is 0 Å². The molecule has 15 heavy (non-hydrogen) atoms. The average Bonchev–Trinajstić information content (AvgIpc) is 2.15. The van der Waals surface area contributed by atoms with Crippen LogP contribution < -0.4 is 0 Å². The molecule has 0 atom stereocenters. The second-order valence-corrected chi connectivity index (χ2v) is 4.26. The highest BCUT2D eigenvalue weighted by molar-refractivity contribution is 5.37. The summed E-state index contributed by atoms with van der Waals surface area (Å²) < 4.78 is 0. The predicted octanol–water partition coefficient (Wildman–Crippen LogP) is 3.91. The lowest BCUT2D eigenvalue weighted by molar-refractivity contribution is 0.750. The zero-order chi connectivity index (χ0) is 11.3. The van der Waals surface area contributed by atoms with Crippen molar-refractivity contribution in [3.63, 3.8) is 0 Å². The fourth-order valence-corrected chi connectivity index (χ4v) is 2.12. The van der Waals surface area contributed by atoms with Crippen LogP contribution in [-0.2, 0) is 6.42 Å². The highest BCUT2D eigenvalue weighted by Crippen LogP contribution is 2.18. The van der Waals surface area contributed by atoms with Crippen LogP contribution in [0.5, 0.6) is 0 Å². The summed E-state index contributed by atoms with van der Waals surface area (Å²) in [5.41, 5.74) is 5.66. The van der Waals surface area contributed by atoms with Crippen molar-refractivity contribution in [1.29, 1.82) is 0 Å². The molecular formula is C15H19. The number of rotatable bonds is 4. The molecule has 0 saturated carbocycles. The summed E-state index contributed by atoms with van der Waals surface area (Å²) in [6.07, 6.45) is 11.0. The number of benzene rings is 1. The fourth-order valence-electron chi connectivity index (χ4n) is 2.12. The van der Waals surface area contributed by atoms with E-state index >= 15 is 0 Å². The second kappa shape index (κ2) is 5.61. The van der Waals surface area contributed by atoms with Crippen LogP contribution in [0.1, 0.15) is 41.5 Å². The molecule has 0 spiro atoms. The number of hydrogen-bond donors (Lipinski definition) is 0. The van der Waals surface area contributed by atoms with E-state index < -0.39 is 0 Å². The molecule has 1 aromatic rings. The molecule has 0 aliphatic heterocycles. The van der Waals surface area contributed by atoms with Crippen LogP contribution in [0.3, 0.4) is 0 Å². The van der Waals surface area contributed by atoms with Crippen molar-refractivity contribution < 1.29 is 0 Å². The van der Waals surface area contributed by atoms with Crippen molar-refractivity contribution in [3.05, 3.63) is 40.8 Å². The van der Waals surface area contributed by atoms with Crippen LogP contribution in [0.2, 0.25) is 0 Å². The van der Waals surface area contributed by atoms with Crippen LogP contribution in [0, 0.1) is 33.1 Å². The highest BCUT2D eigenvalue weighted by Gasteiger charge is 2.02. The molecule has 0 bridgehead atoms. The fraction of sp³-hybridized carbons (Fsp3) is 0.467. The molecule has 79 valence electrons. The van der Waals surface area contributed by atoms with Crippen LogP contribution in [0.15, 0.2) is 12.1 Å². The average molecular weight is 199 g/mol. The summed E-state index contributed by atoms with van der Waals surface area (Å²) in [6.45, 7) is 6.53. The smallest absolute Gasteiger partial charge is 0.00990 e. The van der Waals surface area contributed by atoms with Gasteiger partial charge in [0.25, 0.3) is 0 Å². The van der Waals surface area contributed by atoms with Gasteiger partial charge in [0.1, 0.15) is 0 Å². The molecule has 1 radical (unpaired) electrons. The summed E-state index contributed by atoms with van der Waals surface area (Å²) in [5, 5.41) is 0. The second-order valence-electron chi connectivity index (χ2n) is 4.26. The number of aryl methyl sites for hydroxylation is 3. The maximum absolute atomic E-state index is 6.85. The molecule has 1 aromatic carbocycles. The van der Waals surface area contributed by atoms with E-state index in [1.54, 1.807) is 0 Å². The van der Waals surface area contributed by atoms with Crippen molar-refractivity contribution in [2.75, 3.05) is 0 Å². The summed E-state index contributed by atoms with van der Waals surface area (Å²) in [5.74, 6) is 2.44. The van der Waals surface area contributed by atoms with Crippen molar-refractivity contribution in [2.45, 2.75) is 46.5 Å². The molecule has 0 nitrogen and oxygen atoms in total. The van der Waals surface area contributed by atoms with Crippen molar-refractivity contribution in [1.82, 2.24) is 0 Å². The quantitative estimate of drug-likeness (QED) is 0.509. The Kier molecular flexibility index (Phi) is 4.43. The Balaban J connectivity index is 2.65. The molecule has 0 saturated heterocycles. The summed E-state index contributed by atoms with van der Waals surface area (Å²) >= 11 is 0. The van der Waals surface area contributed by atoms with E-state index in [4.69, 9.17) is 6.42 Å². The van der Waals surface area contributed by atoms with Gasteiger partial charge in [0, 0.05) is 6.42 Å². The van der Waals surface area contributed by atoms with E-state index in [1.807, 2.05) is 0 Å². The molecule has 1 rings (SSSR count). The zero-order valence-electron chi connectivity index (χ0n) is 9.98. The van der Waals surface area contributed by atoms with Gasteiger partial charge < -0.3 is 0 Å². The Bertz CT molecular complexity index is 343. The van der Waals surface area contributed by atoms with Gasteiger partial charge in [0.05, 0.1) is 0 Å². The third-order valence-corrected chi connectivity index (χ3v) is 2.82. The van der Waals surface area contributed by atoms with Crippen LogP contribution >= 0.6 is 0 Å². The Morgan fingerprint density at radius 3 is 2.20 bits per heavy atom. The maximum Gasteiger partial charge on any atom is 0.00990 e. The molecule has 0 aliphatic carbocycles. The third-order valence-electron chi connectivity index (χ3n) is 2.82. The minimum atomic E-state index is 0.796. The van der Waals surface area contributed by atoms with E-state index in [1.165, 1.54) is 22.3 Å². The van der Waals surface area contributed by atoms with E-state index in [9.17, 15) is 0 Å². The van der Waals surface area contributed by atoms with Gasteiger partial charge in [-0.1, -0.05) is 23.6 Å². The molecule has 0 N–H and O–H groups in total. The molecular weight excluding hydrogens is 180 g/mol. The van der Waals surface area contributed by atoms with Gasteiger partial charge in [-0.15, -0.1) is 0 Å². The zero-order valence-corrected chi connectivity index (χ0v) is 9.98. The molecule has 0 amide bonds. The summed E-state index contributed by atoms with van der Waals surface area (Å²) in [4.78, 5) is 0. The Labute approximate surface area is 93.7 Å². The largest absolute Gasteiger partial charge is 0.0891 e. The first kappa shape index (κ1) is 11.9. The first-order valence-electron chi connectivity index (χ1n) is 5.61. The van der Waals surface area contributed by atoms with Gasteiger partial charge in [-0.05, 0) is 63.1 Å². The van der Waals surface area contributed by atoms with Gasteiger partial charge in [-0.3, -0.25) is 0 Å². The van der Waals surface area contributed by atoms with Gasteiger partial charge in [-0.2, -0.15) is 0 Å². The molecule has 0 aromatic heterocycles. The molecule has 0 heteroatoms. The van der Waals surface area contributed by atoms with Crippen LogP contribution in [0.4, 0.5) is 0 Å².